The second-order valence-corrected chi connectivity index (χ2v) is 7.88. The highest BCUT2D eigenvalue weighted by Gasteiger charge is 2.18. The minimum absolute atomic E-state index is 0.00256. The third-order valence-corrected chi connectivity index (χ3v) is 5.62. The van der Waals surface area contributed by atoms with Gasteiger partial charge in [0.25, 0.3) is 0 Å². The van der Waals surface area contributed by atoms with Crippen molar-refractivity contribution < 1.29 is 13.9 Å². The summed E-state index contributed by atoms with van der Waals surface area (Å²) in [5, 5.41) is 9.11. The zero-order valence-electron chi connectivity index (χ0n) is 15.9. The second kappa shape index (κ2) is 9.29. The summed E-state index contributed by atoms with van der Waals surface area (Å²) in [6, 6.07) is 9.40. The zero-order chi connectivity index (χ0) is 20.1. The summed E-state index contributed by atoms with van der Waals surface area (Å²) in [5.74, 6) is 2.34. The number of hydrogen-bond acceptors (Lipinski definition) is 6. The van der Waals surface area contributed by atoms with Crippen molar-refractivity contribution in [2.24, 2.45) is 0 Å². The summed E-state index contributed by atoms with van der Waals surface area (Å²) in [6.07, 6.45) is 1.60. The van der Waals surface area contributed by atoms with Gasteiger partial charge in [0.2, 0.25) is 5.91 Å². The summed E-state index contributed by atoms with van der Waals surface area (Å²) < 4.78 is 13.7. The van der Waals surface area contributed by atoms with Crippen LogP contribution in [-0.4, -0.2) is 45.5 Å². The molecule has 0 fully saturated rings. The first-order valence-electron chi connectivity index (χ1n) is 8.69. The normalized spacial score (nSPS) is 10.9. The van der Waals surface area contributed by atoms with Crippen LogP contribution in [0.4, 0.5) is 0 Å². The quantitative estimate of drug-likeness (QED) is 0.467. The van der Waals surface area contributed by atoms with Gasteiger partial charge < -0.3 is 14.1 Å². The lowest BCUT2D eigenvalue weighted by atomic mass is 10.2. The molecule has 0 N–H and O–H groups in total. The molecule has 3 aromatic rings. The molecular weight excluding hydrogens is 444 g/mol. The number of benzene rings is 1. The number of thioether (sulfide) groups is 1. The molecule has 0 aliphatic heterocycles. The fourth-order valence-electron chi connectivity index (χ4n) is 2.72. The Kier molecular flexibility index (Phi) is 6.79. The summed E-state index contributed by atoms with van der Waals surface area (Å²) in [4.78, 5) is 14.3. The van der Waals surface area contributed by atoms with Crippen LogP contribution in [0.2, 0.25) is 0 Å². The molecule has 0 aliphatic rings. The molecule has 148 valence electrons. The van der Waals surface area contributed by atoms with Gasteiger partial charge in [-0.2, -0.15) is 0 Å². The first-order valence-corrected chi connectivity index (χ1v) is 10.5. The highest BCUT2D eigenvalue weighted by Crippen LogP contribution is 2.26. The standard InChI is InChI=1S/C19H21BrN4O3S/c1-4-24-18(16-6-5-9-27-16)21-22-19(24)28-12-17(25)23(2)11-13-10-14(20)7-8-15(13)26-3/h5-10H,4,11-12H2,1-3H3. The first-order chi connectivity index (χ1) is 13.5. The third kappa shape index (κ3) is 4.59. The van der Waals surface area contributed by atoms with E-state index in [1.807, 2.05) is 41.8 Å². The predicted molar refractivity (Wildman–Crippen MR) is 111 cm³/mol. The van der Waals surface area contributed by atoms with Gasteiger partial charge >= 0.3 is 0 Å². The number of carbonyl (C=O) groups excluding carboxylic acids is 1. The Morgan fingerprint density at radius 2 is 2.18 bits per heavy atom. The van der Waals surface area contributed by atoms with E-state index in [0.717, 1.165) is 15.8 Å². The van der Waals surface area contributed by atoms with Crippen molar-refractivity contribution in [2.75, 3.05) is 19.9 Å². The van der Waals surface area contributed by atoms with Gasteiger partial charge in [-0.05, 0) is 37.3 Å². The average molecular weight is 465 g/mol. The number of rotatable bonds is 8. The van der Waals surface area contributed by atoms with Crippen LogP contribution in [0, 0.1) is 0 Å². The Morgan fingerprint density at radius 1 is 1.36 bits per heavy atom. The lowest BCUT2D eigenvalue weighted by molar-refractivity contribution is -0.127. The fraction of sp³-hybridized carbons (Fsp3) is 0.316. The van der Waals surface area contributed by atoms with Crippen molar-refractivity contribution in [3.05, 3.63) is 46.6 Å². The van der Waals surface area contributed by atoms with Crippen molar-refractivity contribution in [3.63, 3.8) is 0 Å². The van der Waals surface area contributed by atoms with Gasteiger partial charge in [-0.3, -0.25) is 9.36 Å². The van der Waals surface area contributed by atoms with Crippen molar-refractivity contribution in [1.82, 2.24) is 19.7 Å². The predicted octanol–water partition coefficient (Wildman–Crippen LogP) is 4.08. The maximum absolute atomic E-state index is 12.6. The summed E-state index contributed by atoms with van der Waals surface area (Å²) in [6.45, 7) is 3.15. The van der Waals surface area contributed by atoms with Gasteiger partial charge in [-0.1, -0.05) is 27.7 Å². The molecule has 3 rings (SSSR count). The fourth-order valence-corrected chi connectivity index (χ4v) is 4.07. The number of ether oxygens (including phenoxy) is 1. The van der Waals surface area contributed by atoms with Gasteiger partial charge in [0.1, 0.15) is 5.75 Å². The number of halogens is 1. The topological polar surface area (TPSA) is 73.4 Å². The van der Waals surface area contributed by atoms with Crippen LogP contribution in [0.1, 0.15) is 12.5 Å². The van der Waals surface area contributed by atoms with E-state index in [1.165, 1.54) is 11.8 Å². The van der Waals surface area contributed by atoms with Crippen molar-refractivity contribution in [3.8, 4) is 17.3 Å². The lowest BCUT2D eigenvalue weighted by Crippen LogP contribution is -2.28. The van der Waals surface area contributed by atoms with Crippen LogP contribution in [-0.2, 0) is 17.9 Å². The van der Waals surface area contributed by atoms with Crippen LogP contribution >= 0.6 is 27.7 Å². The van der Waals surface area contributed by atoms with Crippen LogP contribution in [0.3, 0.4) is 0 Å². The molecule has 0 atom stereocenters. The van der Waals surface area contributed by atoms with Crippen molar-refractivity contribution >= 4 is 33.6 Å². The summed E-state index contributed by atoms with van der Waals surface area (Å²) in [7, 11) is 3.40. The van der Waals surface area contributed by atoms with Gasteiger partial charge in [0.15, 0.2) is 16.7 Å². The average Bonchev–Trinajstić information content (AvgIpc) is 3.35. The van der Waals surface area contributed by atoms with Crippen LogP contribution in [0.5, 0.6) is 5.75 Å². The lowest BCUT2D eigenvalue weighted by Gasteiger charge is -2.19. The van der Waals surface area contributed by atoms with E-state index in [9.17, 15) is 4.79 Å². The minimum Gasteiger partial charge on any atom is -0.496 e. The molecule has 0 radical (unpaired) electrons. The van der Waals surface area contributed by atoms with Gasteiger partial charge in [-0.15, -0.1) is 10.2 Å². The highest BCUT2D eigenvalue weighted by atomic mass is 79.9. The number of furan rings is 1. The van der Waals surface area contributed by atoms with E-state index in [-0.39, 0.29) is 11.7 Å². The molecule has 0 bridgehead atoms. The Balaban J connectivity index is 1.65. The molecule has 0 spiro atoms. The molecule has 0 unspecified atom stereocenters. The third-order valence-electron chi connectivity index (χ3n) is 4.18. The maximum Gasteiger partial charge on any atom is 0.233 e. The van der Waals surface area contributed by atoms with E-state index in [4.69, 9.17) is 9.15 Å². The Hall–Kier alpha value is -2.26. The first kappa shape index (κ1) is 20.5. The number of methoxy groups -OCH3 is 1. The van der Waals surface area contributed by atoms with Crippen molar-refractivity contribution in [1.29, 1.82) is 0 Å². The van der Waals surface area contributed by atoms with Crippen molar-refractivity contribution in [2.45, 2.75) is 25.2 Å². The van der Waals surface area contributed by atoms with E-state index >= 15 is 0 Å². The molecule has 2 heterocycles. The molecule has 0 saturated carbocycles. The number of nitrogens with zero attached hydrogens (tertiary/aromatic N) is 4. The number of carbonyl (C=O) groups is 1. The van der Waals surface area contributed by atoms with Crippen LogP contribution < -0.4 is 4.74 Å². The molecule has 9 heteroatoms. The molecule has 0 aliphatic carbocycles. The van der Waals surface area contributed by atoms with Gasteiger partial charge in [0, 0.05) is 30.2 Å². The largest absolute Gasteiger partial charge is 0.496 e. The molecule has 0 saturated heterocycles. The Labute approximate surface area is 176 Å². The monoisotopic (exact) mass is 464 g/mol. The van der Waals surface area contributed by atoms with E-state index < -0.39 is 0 Å². The second-order valence-electron chi connectivity index (χ2n) is 6.02. The molecule has 2 aromatic heterocycles. The maximum atomic E-state index is 12.6. The summed E-state index contributed by atoms with van der Waals surface area (Å²) in [5.41, 5.74) is 0.939. The number of amides is 1. The number of hydrogen-bond donors (Lipinski definition) is 0. The van der Waals surface area contributed by atoms with Gasteiger partial charge in [-0.25, -0.2) is 0 Å². The SMILES string of the molecule is CCn1c(SCC(=O)N(C)Cc2cc(Br)ccc2OC)nnc1-c1ccco1. The van der Waals surface area contributed by atoms with E-state index in [2.05, 4.69) is 26.1 Å². The smallest absolute Gasteiger partial charge is 0.233 e. The molecule has 7 nitrogen and oxygen atoms in total. The molecular formula is C19H21BrN4O3S. The highest BCUT2D eigenvalue weighted by molar-refractivity contribution is 9.10. The van der Waals surface area contributed by atoms with Crippen LogP contribution in [0.15, 0.2) is 50.6 Å². The minimum atomic E-state index is -0.00256. The summed E-state index contributed by atoms with van der Waals surface area (Å²) >= 11 is 4.83. The molecule has 28 heavy (non-hydrogen) atoms. The Morgan fingerprint density at radius 3 is 2.86 bits per heavy atom. The van der Waals surface area contributed by atoms with E-state index in [1.54, 1.807) is 25.3 Å². The number of aromatic nitrogens is 3. The molecule has 1 aromatic carbocycles. The van der Waals surface area contributed by atoms with Gasteiger partial charge in [0.05, 0.1) is 19.1 Å². The zero-order valence-corrected chi connectivity index (χ0v) is 18.3. The Bertz CT molecular complexity index is 943. The van der Waals surface area contributed by atoms with Crippen LogP contribution in [0.25, 0.3) is 11.6 Å². The molecule has 1 amide bonds. The van der Waals surface area contributed by atoms with E-state index in [0.29, 0.717) is 29.8 Å².